The number of rotatable bonds is 0. The SMILES string of the molecule is NC(=O)[O-].NC(=O)[O-].[Mo+2]. The van der Waals surface area contributed by atoms with Crippen LogP contribution in [0.15, 0.2) is 0 Å². The van der Waals surface area contributed by atoms with Crippen molar-refractivity contribution in [1.29, 1.82) is 0 Å². The van der Waals surface area contributed by atoms with Crippen LogP contribution in [0.2, 0.25) is 0 Å². The monoisotopic (exact) mass is 218 g/mol. The molecule has 0 aromatic heterocycles. The second-order valence-corrected chi connectivity index (χ2v) is 0.638. The van der Waals surface area contributed by atoms with Crippen LogP contribution in [0.5, 0.6) is 0 Å². The Labute approximate surface area is 65.1 Å². The fourth-order valence-electron chi connectivity index (χ4n) is 0. The molecule has 6 nitrogen and oxygen atoms in total. The minimum Gasteiger partial charge on any atom is -0.530 e. The van der Waals surface area contributed by atoms with E-state index in [4.69, 9.17) is 19.8 Å². The first-order valence-corrected chi connectivity index (χ1v) is 1.39. The van der Waals surface area contributed by atoms with Crippen LogP contribution in [0.3, 0.4) is 0 Å². The predicted molar refractivity (Wildman–Crippen MR) is 19.2 cm³/mol. The van der Waals surface area contributed by atoms with E-state index in [0.29, 0.717) is 0 Å². The van der Waals surface area contributed by atoms with Gasteiger partial charge in [0, 0.05) is 0 Å². The number of hydrogen-bond acceptors (Lipinski definition) is 4. The van der Waals surface area contributed by atoms with Crippen molar-refractivity contribution < 1.29 is 40.9 Å². The second kappa shape index (κ2) is 10.3. The summed E-state index contributed by atoms with van der Waals surface area (Å²) >= 11 is 0. The van der Waals surface area contributed by atoms with Crippen LogP contribution in [0, 0.1) is 0 Å². The van der Waals surface area contributed by atoms with Crippen molar-refractivity contribution in [3.05, 3.63) is 0 Å². The van der Waals surface area contributed by atoms with Crippen molar-refractivity contribution >= 4 is 12.2 Å². The average molecular weight is 216 g/mol. The smallest absolute Gasteiger partial charge is 0.530 e. The zero-order valence-corrected chi connectivity index (χ0v) is 6.20. The van der Waals surface area contributed by atoms with Gasteiger partial charge in [-0.1, -0.05) is 0 Å². The van der Waals surface area contributed by atoms with Gasteiger partial charge < -0.3 is 31.3 Å². The Morgan fingerprint density at radius 3 is 1.00 bits per heavy atom. The van der Waals surface area contributed by atoms with Gasteiger partial charge in [0.25, 0.3) is 0 Å². The summed E-state index contributed by atoms with van der Waals surface area (Å²) in [6, 6.07) is 0. The topological polar surface area (TPSA) is 132 Å². The van der Waals surface area contributed by atoms with E-state index >= 15 is 0 Å². The largest absolute Gasteiger partial charge is 2.00 e. The van der Waals surface area contributed by atoms with E-state index in [1.807, 2.05) is 0 Å². The summed E-state index contributed by atoms with van der Waals surface area (Å²) in [5, 5.41) is 17.3. The standard InChI is InChI=1S/2CH3NO2.Mo/c2*2-1(3)4;/h2*2H2,(H,3,4);/q;;+2/p-2. The number of carbonyl (C=O) groups is 2. The zero-order valence-electron chi connectivity index (χ0n) is 4.20. The number of amides is 2. The maximum atomic E-state index is 8.67. The third-order valence-electron chi connectivity index (χ3n) is 0. The molecule has 7 heteroatoms. The van der Waals surface area contributed by atoms with Crippen LogP contribution in [-0.4, -0.2) is 12.2 Å². The molecule has 9 heavy (non-hydrogen) atoms. The van der Waals surface area contributed by atoms with E-state index in [-0.39, 0.29) is 21.1 Å². The molecular formula is C2H4MoN2O4. The van der Waals surface area contributed by atoms with E-state index in [9.17, 15) is 0 Å². The molecule has 0 rings (SSSR count). The molecule has 0 saturated carbocycles. The Kier molecular flexibility index (Phi) is 17.9. The number of hydrogen-bond donors (Lipinski definition) is 2. The van der Waals surface area contributed by atoms with Gasteiger partial charge in [-0.15, -0.1) is 0 Å². The molecule has 0 aliphatic heterocycles. The predicted octanol–water partition coefficient (Wildman–Crippen LogP) is -3.43. The molecule has 0 bridgehead atoms. The summed E-state index contributed by atoms with van der Waals surface area (Å²) in [5.41, 5.74) is 7.83. The summed E-state index contributed by atoms with van der Waals surface area (Å²) in [7, 11) is 0. The third-order valence-corrected chi connectivity index (χ3v) is 0. The minimum absolute atomic E-state index is 0. The molecule has 0 aromatic carbocycles. The molecule has 0 spiro atoms. The van der Waals surface area contributed by atoms with Crippen LogP contribution in [0.4, 0.5) is 9.59 Å². The molecule has 4 N–H and O–H groups in total. The van der Waals surface area contributed by atoms with Crippen molar-refractivity contribution in [3.63, 3.8) is 0 Å². The van der Waals surface area contributed by atoms with E-state index < -0.39 is 12.2 Å². The van der Waals surface area contributed by atoms with Gasteiger partial charge >= 0.3 is 21.1 Å². The van der Waals surface area contributed by atoms with Crippen LogP contribution >= 0.6 is 0 Å². The molecule has 0 aliphatic carbocycles. The van der Waals surface area contributed by atoms with Crippen LogP contribution in [0.1, 0.15) is 0 Å². The fraction of sp³-hybridized carbons (Fsp3) is 0. The number of primary amides is 2. The first-order valence-electron chi connectivity index (χ1n) is 1.39. The van der Waals surface area contributed by atoms with E-state index in [1.165, 1.54) is 0 Å². The van der Waals surface area contributed by atoms with Gasteiger partial charge in [-0.3, -0.25) is 0 Å². The molecule has 0 saturated heterocycles. The van der Waals surface area contributed by atoms with Gasteiger partial charge in [-0.05, 0) is 0 Å². The van der Waals surface area contributed by atoms with Gasteiger partial charge in [0.15, 0.2) is 0 Å². The van der Waals surface area contributed by atoms with Crippen molar-refractivity contribution in [2.45, 2.75) is 0 Å². The van der Waals surface area contributed by atoms with E-state index in [1.54, 1.807) is 0 Å². The van der Waals surface area contributed by atoms with Crippen molar-refractivity contribution in [2.75, 3.05) is 0 Å². The molecule has 0 aromatic rings. The average Bonchev–Trinajstić information content (AvgIpc) is 1.25. The van der Waals surface area contributed by atoms with E-state index in [2.05, 4.69) is 11.5 Å². The summed E-state index contributed by atoms with van der Waals surface area (Å²) in [6.07, 6.45) is -3.17. The maximum absolute atomic E-state index is 8.67. The number of nitrogens with two attached hydrogens (primary N) is 2. The Bertz CT molecular complexity index is 74.6. The maximum Gasteiger partial charge on any atom is 2.00 e. The van der Waals surface area contributed by atoms with Gasteiger partial charge in [-0.2, -0.15) is 0 Å². The quantitative estimate of drug-likeness (QED) is 0.407. The number of carbonyl (C=O) groups excluding carboxylic acids is 2. The molecule has 0 fully saturated rings. The Balaban J connectivity index is -0.0000000720. The van der Waals surface area contributed by atoms with Crippen molar-refractivity contribution in [1.82, 2.24) is 0 Å². The van der Waals surface area contributed by atoms with Crippen molar-refractivity contribution in [3.8, 4) is 0 Å². The van der Waals surface area contributed by atoms with E-state index in [0.717, 1.165) is 0 Å². The minimum atomic E-state index is -1.58. The molecule has 0 heterocycles. The summed E-state index contributed by atoms with van der Waals surface area (Å²) in [6.45, 7) is 0. The third kappa shape index (κ3) is 332. The molecular weight excluding hydrogens is 212 g/mol. The molecule has 52 valence electrons. The van der Waals surface area contributed by atoms with Gasteiger partial charge in [0.2, 0.25) is 0 Å². The van der Waals surface area contributed by atoms with Gasteiger partial charge in [0.05, 0.1) is 0 Å². The molecule has 0 aliphatic rings. The first-order chi connectivity index (χ1) is 3.46. The van der Waals surface area contributed by atoms with Crippen LogP contribution in [-0.2, 0) is 21.1 Å². The zero-order chi connectivity index (χ0) is 7.15. The summed E-state index contributed by atoms with van der Waals surface area (Å²) < 4.78 is 0. The first kappa shape index (κ1) is 15.7. The summed E-state index contributed by atoms with van der Waals surface area (Å²) in [4.78, 5) is 17.3. The van der Waals surface area contributed by atoms with Crippen LogP contribution < -0.4 is 21.7 Å². The Morgan fingerprint density at radius 2 is 1.00 bits per heavy atom. The Hall–Kier alpha value is -0.772. The normalized spacial score (nSPS) is 5.33. The van der Waals surface area contributed by atoms with Crippen molar-refractivity contribution in [2.24, 2.45) is 11.5 Å². The van der Waals surface area contributed by atoms with Gasteiger partial charge in [0.1, 0.15) is 12.2 Å². The second-order valence-electron chi connectivity index (χ2n) is 0.638. The Morgan fingerprint density at radius 1 is 1.00 bits per heavy atom. The van der Waals surface area contributed by atoms with Crippen LogP contribution in [0.25, 0.3) is 0 Å². The number of carboxylic acid groups (broad SMARTS) is 2. The van der Waals surface area contributed by atoms with Gasteiger partial charge in [-0.25, -0.2) is 0 Å². The molecule has 0 unspecified atom stereocenters. The molecule has 2 amide bonds. The molecule has 0 atom stereocenters. The summed E-state index contributed by atoms with van der Waals surface area (Å²) in [5.74, 6) is 0. The fourth-order valence-corrected chi connectivity index (χ4v) is 0. The molecule has 0 radical (unpaired) electrons.